The number of ether oxygens (including phenoxy) is 2. The maximum Gasteiger partial charge on any atom is 0.271 e. The summed E-state index contributed by atoms with van der Waals surface area (Å²) in [5.41, 5.74) is 2.12. The topological polar surface area (TPSA) is 134 Å². The van der Waals surface area contributed by atoms with E-state index in [9.17, 15) is 14.0 Å². The minimum Gasteiger partial charge on any atom is -0.493 e. The molecule has 1 aliphatic heterocycles. The lowest BCUT2D eigenvalue weighted by Gasteiger charge is -2.18. The van der Waals surface area contributed by atoms with E-state index >= 15 is 0 Å². The lowest BCUT2D eigenvalue weighted by atomic mass is 10.1. The van der Waals surface area contributed by atoms with Gasteiger partial charge in [-0.15, -0.1) is 0 Å². The number of rotatable bonds is 9. The fourth-order valence-corrected chi connectivity index (χ4v) is 4.09. The average molecular weight is 553 g/mol. The molecule has 10 nitrogen and oxygen atoms in total. The number of aromatic amines is 1. The molecule has 1 aliphatic rings. The molecule has 0 saturated carbocycles. The van der Waals surface area contributed by atoms with Crippen molar-refractivity contribution in [1.82, 2.24) is 19.9 Å². The Morgan fingerprint density at radius 2 is 1.93 bits per heavy atom. The number of hydrogen-bond acceptors (Lipinski definition) is 7. The first-order chi connectivity index (χ1) is 20.0. The molecule has 1 amide bonds. The molecule has 3 heterocycles. The number of nitrogens with zero attached hydrogens (tertiary/aromatic N) is 2. The molecular weight excluding hydrogens is 527 g/mol. The number of anilines is 1. The third-order valence-electron chi connectivity index (χ3n) is 6.00. The molecule has 2 aromatic carbocycles. The van der Waals surface area contributed by atoms with Crippen molar-refractivity contribution in [2.75, 3.05) is 11.9 Å². The number of dihydropyridines is 1. The Bertz CT molecular complexity index is 1720. The van der Waals surface area contributed by atoms with Gasteiger partial charge < -0.3 is 30.5 Å². The molecule has 0 saturated heterocycles. The first-order valence-electron chi connectivity index (χ1n) is 12.6. The Morgan fingerprint density at radius 1 is 1.15 bits per heavy atom. The highest BCUT2D eigenvalue weighted by Crippen LogP contribution is 2.26. The fourth-order valence-electron chi connectivity index (χ4n) is 4.09. The summed E-state index contributed by atoms with van der Waals surface area (Å²) >= 11 is 0. The quantitative estimate of drug-likeness (QED) is 0.221. The van der Waals surface area contributed by atoms with E-state index in [1.165, 1.54) is 41.1 Å². The molecule has 0 spiro atoms. The van der Waals surface area contributed by atoms with Crippen molar-refractivity contribution in [2.45, 2.75) is 6.92 Å². The zero-order valence-corrected chi connectivity index (χ0v) is 21.9. The number of imidazole rings is 1. The normalized spacial score (nSPS) is 13.6. The average Bonchev–Trinajstić information content (AvgIpc) is 3.51. The van der Waals surface area contributed by atoms with Crippen LogP contribution in [0.3, 0.4) is 0 Å². The summed E-state index contributed by atoms with van der Waals surface area (Å²) in [5.74, 6) is -0.0174. The van der Waals surface area contributed by atoms with Crippen LogP contribution in [0.25, 0.3) is 11.3 Å². The van der Waals surface area contributed by atoms with Crippen LogP contribution < -0.4 is 25.7 Å². The number of carbonyl (C=O) groups excluding carboxylic acids is 1. The summed E-state index contributed by atoms with van der Waals surface area (Å²) in [4.78, 5) is 33.8. The molecule has 4 aromatic rings. The summed E-state index contributed by atoms with van der Waals surface area (Å²) in [5, 5.41) is 13.3. The molecule has 0 radical (unpaired) electrons. The molecule has 0 atom stereocenters. The van der Waals surface area contributed by atoms with Crippen LogP contribution in [-0.4, -0.2) is 33.3 Å². The second-order valence-electron chi connectivity index (χ2n) is 8.67. The van der Waals surface area contributed by atoms with E-state index < -0.39 is 17.3 Å². The number of carbonyl (C=O) groups is 1. The van der Waals surface area contributed by atoms with E-state index in [0.29, 0.717) is 28.6 Å². The van der Waals surface area contributed by atoms with Gasteiger partial charge in [-0.1, -0.05) is 0 Å². The molecular formula is C30H25FN6O4. The first-order valence-corrected chi connectivity index (χ1v) is 12.6. The van der Waals surface area contributed by atoms with E-state index in [1.54, 1.807) is 62.1 Å². The highest BCUT2D eigenvalue weighted by atomic mass is 19.1. The summed E-state index contributed by atoms with van der Waals surface area (Å²) in [6.45, 7) is 2.00. The number of allylic oxidation sites excluding steroid dienone is 3. The lowest BCUT2D eigenvalue weighted by Crippen LogP contribution is -2.29. The second kappa shape index (κ2) is 12.0. The van der Waals surface area contributed by atoms with E-state index in [0.717, 1.165) is 17.5 Å². The number of nitrogens with one attached hydrogen (secondary N) is 4. The van der Waals surface area contributed by atoms with Gasteiger partial charge in [0.05, 0.1) is 24.3 Å². The van der Waals surface area contributed by atoms with Crippen molar-refractivity contribution >= 4 is 23.4 Å². The minimum absolute atomic E-state index is 0.135. The molecule has 5 rings (SSSR count). The van der Waals surface area contributed by atoms with Crippen LogP contribution >= 0.6 is 0 Å². The molecule has 0 aliphatic carbocycles. The van der Waals surface area contributed by atoms with Crippen LogP contribution in [0.15, 0.2) is 108 Å². The van der Waals surface area contributed by atoms with Crippen LogP contribution in [0, 0.1) is 11.2 Å². The number of benzene rings is 2. The first kappa shape index (κ1) is 26.9. The molecule has 4 N–H and O–H groups in total. The Labute approximate surface area is 234 Å². The standard InChI is InChI=1S/C30H25FN6O4/c1-2-40-26-12-14-37(22-7-3-20(31)4-8-22)30(39)28(26)29(38)36-21-5-9-23(10-6-21)41-27-15-19(25-17-33-18-35-25)16-34-24(27)11-13-32/h3-18,32,34H,2H2,1H3,(H,33,35)(H,36,38)/b24-11-,32-13?. The van der Waals surface area contributed by atoms with Crippen LogP contribution in [0.5, 0.6) is 11.5 Å². The molecule has 0 unspecified atom stereocenters. The zero-order chi connectivity index (χ0) is 28.8. The van der Waals surface area contributed by atoms with Crippen molar-refractivity contribution in [3.05, 3.63) is 131 Å². The Balaban J connectivity index is 1.37. The molecule has 0 fully saturated rings. The summed E-state index contributed by atoms with van der Waals surface area (Å²) in [6, 6.07) is 13.5. The van der Waals surface area contributed by atoms with E-state index in [2.05, 4.69) is 20.6 Å². The van der Waals surface area contributed by atoms with Gasteiger partial charge in [-0.2, -0.15) is 0 Å². The number of pyridine rings is 1. The lowest BCUT2D eigenvalue weighted by molar-refractivity contribution is 0.102. The second-order valence-corrected chi connectivity index (χ2v) is 8.67. The largest absolute Gasteiger partial charge is 0.493 e. The van der Waals surface area contributed by atoms with Gasteiger partial charge in [-0.05, 0) is 73.7 Å². The summed E-state index contributed by atoms with van der Waals surface area (Å²) < 4.78 is 26.3. The number of H-pyrrole nitrogens is 1. The van der Waals surface area contributed by atoms with Gasteiger partial charge in [0.2, 0.25) is 0 Å². The number of amides is 1. The smallest absolute Gasteiger partial charge is 0.271 e. The Morgan fingerprint density at radius 3 is 2.61 bits per heavy atom. The highest BCUT2D eigenvalue weighted by molar-refractivity contribution is 6.06. The van der Waals surface area contributed by atoms with Crippen molar-refractivity contribution in [2.24, 2.45) is 0 Å². The maximum absolute atomic E-state index is 13.4. The molecule has 2 aromatic heterocycles. The summed E-state index contributed by atoms with van der Waals surface area (Å²) in [6.07, 6.45) is 11.1. The monoisotopic (exact) mass is 552 g/mol. The van der Waals surface area contributed by atoms with E-state index in [4.69, 9.17) is 14.9 Å². The molecule has 206 valence electrons. The van der Waals surface area contributed by atoms with Crippen molar-refractivity contribution in [3.63, 3.8) is 0 Å². The zero-order valence-electron chi connectivity index (χ0n) is 21.9. The van der Waals surface area contributed by atoms with Gasteiger partial charge in [0.15, 0.2) is 5.76 Å². The predicted molar refractivity (Wildman–Crippen MR) is 153 cm³/mol. The van der Waals surface area contributed by atoms with Gasteiger partial charge in [-0.3, -0.25) is 14.2 Å². The molecule has 41 heavy (non-hydrogen) atoms. The summed E-state index contributed by atoms with van der Waals surface area (Å²) in [7, 11) is 0. The van der Waals surface area contributed by atoms with Crippen molar-refractivity contribution in [1.29, 1.82) is 5.41 Å². The fraction of sp³-hybridized carbons (Fsp3) is 0.0667. The van der Waals surface area contributed by atoms with Crippen LogP contribution in [0.2, 0.25) is 0 Å². The van der Waals surface area contributed by atoms with Crippen molar-refractivity contribution in [3.8, 4) is 17.2 Å². The van der Waals surface area contributed by atoms with E-state index in [-0.39, 0.29) is 17.9 Å². The number of hydrogen-bond donors (Lipinski definition) is 4. The highest BCUT2D eigenvalue weighted by Gasteiger charge is 2.21. The van der Waals surface area contributed by atoms with Crippen LogP contribution in [0.4, 0.5) is 10.1 Å². The van der Waals surface area contributed by atoms with Crippen molar-refractivity contribution < 1.29 is 18.7 Å². The third kappa shape index (κ3) is 5.98. The maximum atomic E-state index is 13.4. The van der Waals surface area contributed by atoms with Gasteiger partial charge in [0, 0.05) is 41.8 Å². The minimum atomic E-state index is -0.659. The van der Waals surface area contributed by atoms with Gasteiger partial charge in [-0.25, -0.2) is 9.37 Å². The number of halogens is 1. The number of aromatic nitrogens is 3. The SMILES string of the molecule is CCOc1ccn(-c2ccc(F)cc2)c(=O)c1C(=O)Nc1ccc(OC2=CC(c3c[nH]cn3)=CN/C2=C\C=N)cc1. The van der Waals surface area contributed by atoms with E-state index in [1.807, 2.05) is 0 Å². The van der Waals surface area contributed by atoms with Crippen LogP contribution in [-0.2, 0) is 0 Å². The van der Waals surface area contributed by atoms with Gasteiger partial charge >= 0.3 is 0 Å². The van der Waals surface area contributed by atoms with Crippen LogP contribution in [0.1, 0.15) is 23.0 Å². The Hall–Kier alpha value is -5.71. The predicted octanol–water partition coefficient (Wildman–Crippen LogP) is 4.79. The Kier molecular flexibility index (Phi) is 7.86. The third-order valence-corrected chi connectivity index (χ3v) is 6.00. The van der Waals surface area contributed by atoms with Gasteiger partial charge in [0.25, 0.3) is 11.5 Å². The molecule has 0 bridgehead atoms. The van der Waals surface area contributed by atoms with Gasteiger partial charge in [0.1, 0.15) is 22.9 Å². The molecule has 11 heteroatoms.